The Hall–Kier alpha value is -3.82. The normalized spacial score (nSPS) is 18.9. The Kier molecular flexibility index (Phi) is 7.26. The summed E-state index contributed by atoms with van der Waals surface area (Å²) in [6, 6.07) is 12.7. The maximum absolute atomic E-state index is 11.5. The number of carboxylic acid groups (broad SMARTS) is 1. The second kappa shape index (κ2) is 11.1. The van der Waals surface area contributed by atoms with E-state index in [0.717, 1.165) is 61.4 Å². The molecule has 2 aliphatic rings. The van der Waals surface area contributed by atoms with Gasteiger partial charge >= 0.3 is 5.97 Å². The second-order valence-corrected chi connectivity index (χ2v) is 10.4. The number of carbonyl (C=O) groups is 1. The van der Waals surface area contributed by atoms with Crippen molar-refractivity contribution in [2.75, 3.05) is 6.61 Å². The van der Waals surface area contributed by atoms with E-state index in [1.165, 1.54) is 11.6 Å². The predicted molar refractivity (Wildman–Crippen MR) is 146 cm³/mol. The van der Waals surface area contributed by atoms with Gasteiger partial charge in [-0.2, -0.15) is 0 Å². The fourth-order valence-electron chi connectivity index (χ4n) is 5.03. The lowest BCUT2D eigenvalue weighted by Crippen LogP contribution is -2.32. The van der Waals surface area contributed by atoms with Gasteiger partial charge in [0.2, 0.25) is 5.88 Å². The molecule has 4 aromatic rings. The van der Waals surface area contributed by atoms with Gasteiger partial charge in [-0.1, -0.05) is 23.7 Å². The fraction of sp³-hybridized carbons (Fsp3) is 0.345. The molecule has 1 N–H and O–H groups in total. The summed E-state index contributed by atoms with van der Waals surface area (Å²) in [5, 5.41) is 10.0. The quantitative estimate of drug-likeness (QED) is 0.299. The zero-order valence-corrected chi connectivity index (χ0v) is 22.0. The van der Waals surface area contributed by atoms with E-state index in [9.17, 15) is 9.90 Å². The van der Waals surface area contributed by atoms with Gasteiger partial charge < -0.3 is 19.1 Å². The monoisotopic (exact) mass is 545 g/mol. The van der Waals surface area contributed by atoms with Crippen molar-refractivity contribution >= 4 is 34.3 Å². The molecule has 200 valence electrons. The molecule has 6 rings (SSSR count). The number of pyridine rings is 3. The summed E-state index contributed by atoms with van der Waals surface area (Å²) in [4.78, 5) is 29.7. The maximum atomic E-state index is 11.5. The lowest BCUT2D eigenvalue weighted by Gasteiger charge is -2.28. The number of hydrogen-bond acceptors (Lipinski definition) is 7. The van der Waals surface area contributed by atoms with Crippen molar-refractivity contribution in [1.82, 2.24) is 24.5 Å². The number of allylic oxidation sites excluding steroid dienone is 2. The van der Waals surface area contributed by atoms with Crippen molar-refractivity contribution < 1.29 is 19.4 Å². The highest BCUT2D eigenvalue weighted by Crippen LogP contribution is 2.33. The number of fused-ring (bicyclic) bond motifs is 1. The van der Waals surface area contributed by atoms with Crippen LogP contribution in [0.3, 0.4) is 0 Å². The van der Waals surface area contributed by atoms with Crippen LogP contribution in [0.15, 0.2) is 54.7 Å². The molecule has 1 unspecified atom stereocenters. The number of nitrogens with zero attached hydrogens (tertiary/aromatic N) is 5. The van der Waals surface area contributed by atoms with E-state index >= 15 is 0 Å². The van der Waals surface area contributed by atoms with E-state index in [1.54, 1.807) is 18.3 Å². The highest BCUT2D eigenvalue weighted by molar-refractivity contribution is 6.30. The molecular formula is C29H28ClN5O4. The lowest BCUT2D eigenvalue weighted by molar-refractivity contribution is -0.0591. The van der Waals surface area contributed by atoms with Crippen LogP contribution in [0, 0.1) is 5.92 Å². The molecule has 1 saturated heterocycles. The third kappa shape index (κ3) is 5.79. The standard InChI is InChI=1S/C29H28ClN5O4/c30-20-8-9-21(31-15-20)17-39-27-3-1-2-23(33-27)19-6-4-18(5-7-19)14-26-32-24-10-11-25(29(36)37)34-28(24)35(26)16-22-12-13-38-22/h1-3,6,8-11,15,18,22H,4-5,7,12-14,16-17H2,(H,36,37)/t18?,22-/m0/s1. The largest absolute Gasteiger partial charge is 0.477 e. The molecule has 0 bridgehead atoms. The molecule has 2 atom stereocenters. The first-order valence-electron chi connectivity index (χ1n) is 13.1. The van der Waals surface area contributed by atoms with Crippen LogP contribution in [-0.4, -0.2) is 48.3 Å². The van der Waals surface area contributed by atoms with Gasteiger partial charge in [-0.3, -0.25) is 4.98 Å². The van der Waals surface area contributed by atoms with E-state index < -0.39 is 5.97 Å². The molecule has 0 spiro atoms. The van der Waals surface area contributed by atoms with Crippen LogP contribution in [0.1, 0.15) is 53.4 Å². The van der Waals surface area contributed by atoms with E-state index in [1.807, 2.05) is 24.3 Å². The Balaban J connectivity index is 1.15. The van der Waals surface area contributed by atoms with E-state index in [-0.39, 0.29) is 11.8 Å². The summed E-state index contributed by atoms with van der Waals surface area (Å²) in [5.74, 6) is 0.871. The van der Waals surface area contributed by atoms with Crippen LogP contribution < -0.4 is 4.74 Å². The van der Waals surface area contributed by atoms with Gasteiger partial charge in [-0.15, -0.1) is 0 Å². The number of halogens is 1. The van der Waals surface area contributed by atoms with Crippen molar-refractivity contribution in [3.8, 4) is 5.88 Å². The van der Waals surface area contributed by atoms with Gasteiger partial charge in [-0.05, 0) is 67.5 Å². The van der Waals surface area contributed by atoms with Crippen LogP contribution in [-0.2, 0) is 24.3 Å². The third-order valence-corrected chi connectivity index (χ3v) is 7.49. The van der Waals surface area contributed by atoms with Gasteiger partial charge in [0, 0.05) is 25.3 Å². The molecule has 0 amide bonds. The number of hydrogen-bond donors (Lipinski definition) is 1. The summed E-state index contributed by atoms with van der Waals surface area (Å²) in [5.41, 5.74) is 4.28. The molecule has 9 nitrogen and oxygen atoms in total. The number of imidazole rings is 1. The fourth-order valence-corrected chi connectivity index (χ4v) is 5.14. The molecular weight excluding hydrogens is 518 g/mol. The van der Waals surface area contributed by atoms with Gasteiger partial charge in [-0.25, -0.2) is 19.7 Å². The topological polar surface area (TPSA) is 112 Å². The minimum absolute atomic E-state index is 0.0260. The van der Waals surface area contributed by atoms with Crippen molar-refractivity contribution in [3.05, 3.63) is 82.7 Å². The van der Waals surface area contributed by atoms with Crippen LogP contribution >= 0.6 is 11.6 Å². The maximum Gasteiger partial charge on any atom is 0.354 e. The van der Waals surface area contributed by atoms with Crippen LogP contribution in [0.2, 0.25) is 5.02 Å². The van der Waals surface area contributed by atoms with Crippen molar-refractivity contribution in [1.29, 1.82) is 0 Å². The number of aromatic nitrogens is 5. The van der Waals surface area contributed by atoms with Gasteiger partial charge in [0.15, 0.2) is 11.3 Å². The Morgan fingerprint density at radius 3 is 2.74 bits per heavy atom. The van der Waals surface area contributed by atoms with Crippen LogP contribution in [0.25, 0.3) is 16.7 Å². The number of aromatic carboxylic acids is 1. The smallest absolute Gasteiger partial charge is 0.354 e. The van der Waals surface area contributed by atoms with Crippen molar-refractivity contribution in [2.45, 2.75) is 51.4 Å². The first-order chi connectivity index (χ1) is 19.0. The molecule has 1 aliphatic carbocycles. The van der Waals surface area contributed by atoms with E-state index in [4.69, 9.17) is 31.0 Å². The average Bonchev–Trinajstić information content (AvgIpc) is 3.26. The molecule has 1 fully saturated rings. The Morgan fingerprint density at radius 2 is 2.03 bits per heavy atom. The molecule has 1 aliphatic heterocycles. The second-order valence-electron chi connectivity index (χ2n) is 9.96. The highest BCUT2D eigenvalue weighted by atomic mass is 35.5. The van der Waals surface area contributed by atoms with Crippen LogP contribution in [0.5, 0.6) is 5.88 Å². The van der Waals surface area contributed by atoms with Crippen molar-refractivity contribution in [2.24, 2.45) is 5.92 Å². The van der Waals surface area contributed by atoms with Crippen molar-refractivity contribution in [3.63, 3.8) is 0 Å². The number of rotatable bonds is 9. The minimum atomic E-state index is -1.04. The lowest BCUT2D eigenvalue weighted by atomic mass is 9.86. The van der Waals surface area contributed by atoms with Gasteiger partial charge in [0.1, 0.15) is 17.9 Å². The molecule has 5 heterocycles. The summed E-state index contributed by atoms with van der Waals surface area (Å²) < 4.78 is 13.6. The van der Waals surface area contributed by atoms with Crippen LogP contribution in [0.4, 0.5) is 0 Å². The highest BCUT2D eigenvalue weighted by Gasteiger charge is 2.25. The zero-order valence-electron chi connectivity index (χ0n) is 21.3. The van der Waals surface area contributed by atoms with E-state index in [2.05, 4.69) is 20.6 Å². The zero-order chi connectivity index (χ0) is 26.8. The first kappa shape index (κ1) is 25.5. The molecule has 39 heavy (non-hydrogen) atoms. The van der Waals surface area contributed by atoms with E-state index in [0.29, 0.717) is 35.6 Å². The Labute approximate surface area is 230 Å². The Bertz CT molecular complexity index is 1530. The summed E-state index contributed by atoms with van der Waals surface area (Å²) in [6.07, 6.45) is 8.59. The summed E-state index contributed by atoms with van der Waals surface area (Å²) >= 11 is 5.91. The number of ether oxygens (including phenoxy) is 2. The van der Waals surface area contributed by atoms with Gasteiger partial charge in [0.25, 0.3) is 0 Å². The summed E-state index contributed by atoms with van der Waals surface area (Å²) in [7, 11) is 0. The predicted octanol–water partition coefficient (Wildman–Crippen LogP) is 5.37. The molecule has 10 heteroatoms. The molecule has 0 saturated carbocycles. The SMILES string of the molecule is O=C(O)c1ccc2nc(CC3CC=C(c4cccc(OCc5ccc(Cl)cn5)n4)CC3)n(C[C@@H]3CCO3)c2n1. The third-order valence-electron chi connectivity index (χ3n) is 7.27. The molecule has 4 aromatic heterocycles. The Morgan fingerprint density at radius 1 is 1.13 bits per heavy atom. The number of carboxylic acids is 1. The minimum Gasteiger partial charge on any atom is -0.477 e. The summed E-state index contributed by atoms with van der Waals surface area (Å²) in [6.45, 7) is 1.72. The average molecular weight is 546 g/mol. The first-order valence-corrected chi connectivity index (χ1v) is 13.5. The van der Waals surface area contributed by atoms with Gasteiger partial charge in [0.05, 0.1) is 29.1 Å². The molecule has 0 radical (unpaired) electrons. The molecule has 0 aromatic carbocycles.